The number of rotatable bonds is 8. The predicted molar refractivity (Wildman–Crippen MR) is 78.5 cm³/mol. The summed E-state index contributed by atoms with van der Waals surface area (Å²) in [6.07, 6.45) is -2.69. The Kier molecular flexibility index (Phi) is 7.02. The highest BCUT2D eigenvalue weighted by atomic mass is 19.4. The largest absolute Gasteiger partial charge is 0.491 e. The van der Waals surface area contributed by atoms with Crippen molar-refractivity contribution in [1.29, 1.82) is 0 Å². The van der Waals surface area contributed by atoms with Crippen LogP contribution in [-0.2, 0) is 6.18 Å². The van der Waals surface area contributed by atoms with Gasteiger partial charge >= 0.3 is 6.18 Å². The molecule has 1 rings (SSSR count). The Morgan fingerprint density at radius 1 is 1.19 bits per heavy atom. The summed E-state index contributed by atoms with van der Waals surface area (Å²) in [7, 11) is 0. The molecule has 0 bridgehead atoms. The van der Waals surface area contributed by atoms with E-state index in [1.165, 1.54) is 6.07 Å². The van der Waals surface area contributed by atoms with Crippen LogP contribution in [0.1, 0.15) is 39.2 Å². The molecule has 0 heterocycles. The maximum atomic E-state index is 12.6. The Morgan fingerprint density at radius 2 is 1.90 bits per heavy atom. The lowest BCUT2D eigenvalue weighted by atomic mass is 10.2. The number of hydrogen-bond acceptors (Lipinski definition) is 2. The van der Waals surface area contributed by atoms with Gasteiger partial charge in [0.15, 0.2) is 0 Å². The summed E-state index contributed by atoms with van der Waals surface area (Å²) < 4.78 is 43.3. The average molecular weight is 303 g/mol. The van der Waals surface area contributed by atoms with Crippen LogP contribution in [-0.4, -0.2) is 19.2 Å². The molecule has 21 heavy (non-hydrogen) atoms. The van der Waals surface area contributed by atoms with Crippen molar-refractivity contribution in [1.82, 2.24) is 5.32 Å². The summed E-state index contributed by atoms with van der Waals surface area (Å²) in [5.74, 6) is 0.885. The molecule has 0 aliphatic heterocycles. The minimum Gasteiger partial charge on any atom is -0.491 e. The SMILES string of the molecule is CC(C)CNCCCC(C)Oc1cccc(C(F)(F)F)c1. The third-order valence-corrected chi connectivity index (χ3v) is 3.02. The molecule has 0 saturated carbocycles. The van der Waals surface area contributed by atoms with Crippen LogP contribution in [0.2, 0.25) is 0 Å². The molecule has 1 aromatic rings. The van der Waals surface area contributed by atoms with Crippen LogP contribution in [0.15, 0.2) is 24.3 Å². The molecule has 1 atom stereocenters. The topological polar surface area (TPSA) is 21.3 Å². The van der Waals surface area contributed by atoms with Crippen LogP contribution in [0.25, 0.3) is 0 Å². The van der Waals surface area contributed by atoms with Gasteiger partial charge in [-0.05, 0) is 57.0 Å². The minimum atomic E-state index is -4.33. The smallest absolute Gasteiger partial charge is 0.416 e. The number of alkyl halides is 3. The lowest BCUT2D eigenvalue weighted by molar-refractivity contribution is -0.137. The van der Waals surface area contributed by atoms with Crippen LogP contribution in [0, 0.1) is 5.92 Å². The van der Waals surface area contributed by atoms with Crippen molar-refractivity contribution in [2.45, 2.75) is 45.9 Å². The van der Waals surface area contributed by atoms with Crippen molar-refractivity contribution in [3.05, 3.63) is 29.8 Å². The van der Waals surface area contributed by atoms with E-state index < -0.39 is 11.7 Å². The quantitative estimate of drug-likeness (QED) is 0.714. The first kappa shape index (κ1) is 17.8. The van der Waals surface area contributed by atoms with Crippen LogP contribution >= 0.6 is 0 Å². The number of ether oxygens (including phenoxy) is 1. The molecule has 0 saturated heterocycles. The third-order valence-electron chi connectivity index (χ3n) is 3.02. The van der Waals surface area contributed by atoms with E-state index in [4.69, 9.17) is 4.74 Å². The first-order valence-corrected chi connectivity index (χ1v) is 7.33. The maximum absolute atomic E-state index is 12.6. The van der Waals surface area contributed by atoms with E-state index in [1.807, 2.05) is 6.92 Å². The summed E-state index contributed by atoms with van der Waals surface area (Å²) >= 11 is 0. The second-order valence-corrected chi connectivity index (χ2v) is 5.69. The Morgan fingerprint density at radius 3 is 2.52 bits per heavy atom. The molecule has 1 N–H and O–H groups in total. The van der Waals surface area contributed by atoms with E-state index in [0.29, 0.717) is 5.92 Å². The molecule has 0 spiro atoms. The van der Waals surface area contributed by atoms with E-state index in [9.17, 15) is 13.2 Å². The van der Waals surface area contributed by atoms with Crippen LogP contribution in [0.5, 0.6) is 5.75 Å². The monoisotopic (exact) mass is 303 g/mol. The number of halogens is 3. The molecule has 0 aliphatic rings. The zero-order chi connectivity index (χ0) is 15.9. The number of benzene rings is 1. The molecule has 0 aromatic heterocycles. The summed E-state index contributed by atoms with van der Waals surface area (Å²) in [5.41, 5.74) is -0.675. The van der Waals surface area contributed by atoms with Gasteiger partial charge in [0.1, 0.15) is 5.75 Å². The van der Waals surface area contributed by atoms with Gasteiger partial charge in [-0.15, -0.1) is 0 Å². The third kappa shape index (κ3) is 7.37. The van der Waals surface area contributed by atoms with Gasteiger partial charge in [-0.2, -0.15) is 13.2 Å². The van der Waals surface area contributed by atoms with E-state index in [1.54, 1.807) is 6.07 Å². The second kappa shape index (κ2) is 8.27. The van der Waals surface area contributed by atoms with E-state index >= 15 is 0 Å². The van der Waals surface area contributed by atoms with Crippen LogP contribution < -0.4 is 10.1 Å². The van der Waals surface area contributed by atoms with Gasteiger partial charge < -0.3 is 10.1 Å². The molecule has 120 valence electrons. The Balaban J connectivity index is 2.36. The lowest BCUT2D eigenvalue weighted by Gasteiger charge is -2.16. The first-order chi connectivity index (χ1) is 9.79. The molecule has 1 unspecified atom stereocenters. The van der Waals surface area contributed by atoms with Gasteiger partial charge in [0.2, 0.25) is 0 Å². The highest BCUT2D eigenvalue weighted by Gasteiger charge is 2.30. The van der Waals surface area contributed by atoms with Crippen molar-refractivity contribution in [2.24, 2.45) is 5.92 Å². The van der Waals surface area contributed by atoms with Crippen molar-refractivity contribution in [3.8, 4) is 5.75 Å². The highest BCUT2D eigenvalue weighted by molar-refractivity contribution is 5.30. The van der Waals surface area contributed by atoms with E-state index in [2.05, 4.69) is 19.2 Å². The fourth-order valence-electron chi connectivity index (χ4n) is 1.94. The van der Waals surface area contributed by atoms with Crippen LogP contribution in [0.3, 0.4) is 0 Å². The fraction of sp³-hybridized carbons (Fsp3) is 0.625. The molecule has 1 aromatic carbocycles. The van der Waals surface area contributed by atoms with Crippen molar-refractivity contribution in [2.75, 3.05) is 13.1 Å². The minimum absolute atomic E-state index is 0.102. The van der Waals surface area contributed by atoms with Gasteiger partial charge in [0, 0.05) is 0 Å². The van der Waals surface area contributed by atoms with Crippen molar-refractivity contribution in [3.63, 3.8) is 0 Å². The predicted octanol–water partition coefficient (Wildman–Crippen LogP) is 4.50. The Bertz CT molecular complexity index is 418. The van der Waals surface area contributed by atoms with Crippen molar-refractivity contribution >= 4 is 0 Å². The van der Waals surface area contributed by atoms with Gasteiger partial charge in [0.05, 0.1) is 11.7 Å². The molecular weight excluding hydrogens is 279 g/mol. The lowest BCUT2D eigenvalue weighted by Crippen LogP contribution is -2.22. The zero-order valence-corrected chi connectivity index (χ0v) is 12.8. The van der Waals surface area contributed by atoms with Gasteiger partial charge in [-0.3, -0.25) is 0 Å². The molecule has 5 heteroatoms. The average Bonchev–Trinajstić information content (AvgIpc) is 2.37. The molecule has 0 radical (unpaired) electrons. The van der Waals surface area contributed by atoms with E-state index in [0.717, 1.165) is 38.1 Å². The molecule has 2 nitrogen and oxygen atoms in total. The van der Waals surface area contributed by atoms with Gasteiger partial charge in [0.25, 0.3) is 0 Å². The second-order valence-electron chi connectivity index (χ2n) is 5.69. The number of nitrogens with one attached hydrogen (secondary N) is 1. The van der Waals surface area contributed by atoms with Crippen LogP contribution in [0.4, 0.5) is 13.2 Å². The van der Waals surface area contributed by atoms with Gasteiger partial charge in [-0.25, -0.2) is 0 Å². The van der Waals surface area contributed by atoms with E-state index in [-0.39, 0.29) is 11.9 Å². The normalized spacial score (nSPS) is 13.5. The van der Waals surface area contributed by atoms with Gasteiger partial charge in [-0.1, -0.05) is 19.9 Å². The molecule has 0 fully saturated rings. The van der Waals surface area contributed by atoms with Crippen molar-refractivity contribution < 1.29 is 17.9 Å². The summed E-state index contributed by atoms with van der Waals surface area (Å²) in [4.78, 5) is 0. The summed E-state index contributed by atoms with van der Waals surface area (Å²) in [6.45, 7) is 8.04. The Hall–Kier alpha value is -1.23. The zero-order valence-electron chi connectivity index (χ0n) is 12.8. The molecular formula is C16H24F3NO. The summed E-state index contributed by atoms with van der Waals surface area (Å²) in [6, 6.07) is 5.03. The highest BCUT2D eigenvalue weighted by Crippen LogP contribution is 2.31. The maximum Gasteiger partial charge on any atom is 0.416 e. The standard InChI is InChI=1S/C16H24F3NO/c1-12(2)11-20-9-5-6-13(3)21-15-8-4-7-14(10-15)16(17,18)19/h4,7-8,10,12-13,20H,5-6,9,11H2,1-3H3. The summed E-state index contributed by atoms with van der Waals surface area (Å²) in [5, 5.41) is 3.33. The fourth-order valence-corrected chi connectivity index (χ4v) is 1.94. The first-order valence-electron chi connectivity index (χ1n) is 7.33. The molecule has 0 aliphatic carbocycles. The molecule has 0 amide bonds. The Labute approximate surface area is 124 Å². The number of hydrogen-bond donors (Lipinski definition) is 1.